The predicted octanol–water partition coefficient (Wildman–Crippen LogP) is -2.22. The van der Waals surface area contributed by atoms with Crippen LogP contribution in [0.2, 0.25) is 0 Å². The van der Waals surface area contributed by atoms with E-state index in [0.29, 0.717) is 5.69 Å². The maximum atomic E-state index is 13.2. The molecule has 0 fully saturated rings. The van der Waals surface area contributed by atoms with Crippen LogP contribution >= 0.6 is 0 Å². The number of nitrogens with one attached hydrogen (secondary N) is 4. The fourth-order valence-electron chi connectivity index (χ4n) is 3.55. The molecular weight excluding hydrogens is 514 g/mol. The van der Waals surface area contributed by atoms with Crippen molar-refractivity contribution in [3.63, 3.8) is 0 Å². The SMILES string of the molecule is CC(C)CC(NC(=O)C(N)Cc1cnc[nH]1)C(=O)NC(CCCN=C(N)N)C(=O)NC(CCC(=O)O)C(=O)O. The van der Waals surface area contributed by atoms with E-state index < -0.39 is 60.2 Å². The molecule has 4 unspecified atom stereocenters. The van der Waals surface area contributed by atoms with Gasteiger partial charge >= 0.3 is 11.9 Å². The Morgan fingerprint density at radius 3 is 2.13 bits per heavy atom. The number of carbonyl (C=O) groups is 5. The van der Waals surface area contributed by atoms with E-state index >= 15 is 0 Å². The number of amides is 3. The number of carboxylic acid groups (broad SMARTS) is 2. The molecule has 218 valence electrons. The van der Waals surface area contributed by atoms with Crippen LogP contribution in [-0.4, -0.2) is 86.5 Å². The standard InChI is InChI=1S/C23H39N9O7/c1-12(2)8-17(32-19(35)14(24)9-13-10-27-11-29-13)21(37)30-15(4-3-7-28-23(25)26)20(36)31-16(22(38)39)5-6-18(33)34/h10-12,14-17H,3-9,24H2,1-2H3,(H,27,29)(H,30,37)(H,31,36)(H,32,35)(H,33,34)(H,38,39)(H4,25,26,28). The number of rotatable bonds is 18. The molecule has 16 heteroatoms. The minimum absolute atomic E-state index is 0.0218. The number of nitrogens with zero attached hydrogens (tertiary/aromatic N) is 2. The molecule has 12 N–H and O–H groups in total. The number of H-pyrrole nitrogens is 1. The second-order valence-electron chi connectivity index (χ2n) is 9.42. The summed E-state index contributed by atoms with van der Waals surface area (Å²) in [5.74, 6) is -4.93. The lowest BCUT2D eigenvalue weighted by Gasteiger charge is -2.26. The van der Waals surface area contributed by atoms with Crippen molar-refractivity contribution in [3.05, 3.63) is 18.2 Å². The minimum atomic E-state index is -1.49. The number of aromatic amines is 1. The first-order valence-electron chi connectivity index (χ1n) is 12.4. The molecule has 0 aliphatic rings. The van der Waals surface area contributed by atoms with Gasteiger partial charge in [0, 0.05) is 31.3 Å². The maximum Gasteiger partial charge on any atom is 0.326 e. The monoisotopic (exact) mass is 553 g/mol. The van der Waals surface area contributed by atoms with Crippen LogP contribution in [0.4, 0.5) is 0 Å². The van der Waals surface area contributed by atoms with Crippen LogP contribution in [0.3, 0.4) is 0 Å². The molecule has 0 saturated carbocycles. The average Bonchev–Trinajstić information content (AvgIpc) is 3.35. The van der Waals surface area contributed by atoms with Gasteiger partial charge in [0.2, 0.25) is 17.7 Å². The first-order valence-corrected chi connectivity index (χ1v) is 12.4. The second-order valence-corrected chi connectivity index (χ2v) is 9.42. The number of carbonyl (C=O) groups excluding carboxylic acids is 3. The van der Waals surface area contributed by atoms with E-state index in [0.717, 1.165) is 0 Å². The lowest BCUT2D eigenvalue weighted by molar-refractivity contribution is -0.143. The number of aromatic nitrogens is 2. The highest BCUT2D eigenvalue weighted by molar-refractivity contribution is 5.94. The highest BCUT2D eigenvalue weighted by Crippen LogP contribution is 2.09. The smallest absolute Gasteiger partial charge is 0.326 e. The summed E-state index contributed by atoms with van der Waals surface area (Å²) in [5, 5.41) is 25.7. The van der Waals surface area contributed by atoms with Gasteiger partial charge in [-0.25, -0.2) is 9.78 Å². The summed E-state index contributed by atoms with van der Waals surface area (Å²) in [6.07, 6.45) is 2.80. The van der Waals surface area contributed by atoms with E-state index in [9.17, 15) is 29.1 Å². The zero-order valence-electron chi connectivity index (χ0n) is 22.1. The van der Waals surface area contributed by atoms with Gasteiger partial charge in [-0.2, -0.15) is 0 Å². The molecule has 0 bridgehead atoms. The predicted molar refractivity (Wildman–Crippen MR) is 140 cm³/mol. The molecule has 4 atom stereocenters. The average molecular weight is 554 g/mol. The molecule has 0 spiro atoms. The number of aliphatic imine (C=N–C) groups is 1. The van der Waals surface area contributed by atoms with Gasteiger partial charge in [0.15, 0.2) is 5.96 Å². The Hall–Kier alpha value is -4.21. The summed E-state index contributed by atoms with van der Waals surface area (Å²) in [4.78, 5) is 71.9. The number of imidazole rings is 1. The number of carboxylic acids is 2. The first kappa shape index (κ1) is 32.8. The van der Waals surface area contributed by atoms with E-state index in [1.165, 1.54) is 12.5 Å². The summed E-state index contributed by atoms with van der Waals surface area (Å²) in [6, 6.07) is -4.72. The fourth-order valence-corrected chi connectivity index (χ4v) is 3.55. The Morgan fingerprint density at radius 2 is 1.59 bits per heavy atom. The number of hydrogen-bond donors (Lipinski definition) is 9. The van der Waals surface area contributed by atoms with E-state index in [-0.39, 0.29) is 50.5 Å². The van der Waals surface area contributed by atoms with Gasteiger partial charge in [-0.15, -0.1) is 0 Å². The molecule has 0 radical (unpaired) electrons. The van der Waals surface area contributed by atoms with Crippen LogP contribution in [0.1, 0.15) is 51.6 Å². The van der Waals surface area contributed by atoms with Crippen LogP contribution in [0, 0.1) is 5.92 Å². The van der Waals surface area contributed by atoms with Gasteiger partial charge in [-0.3, -0.25) is 24.2 Å². The number of aliphatic carboxylic acids is 2. The molecule has 1 aromatic rings. The highest BCUT2D eigenvalue weighted by Gasteiger charge is 2.30. The number of hydrogen-bond acceptors (Lipinski definition) is 8. The third kappa shape index (κ3) is 13.2. The Morgan fingerprint density at radius 1 is 0.974 bits per heavy atom. The Bertz CT molecular complexity index is 994. The topological polar surface area (TPSA) is 281 Å². The largest absolute Gasteiger partial charge is 0.481 e. The van der Waals surface area contributed by atoms with Crippen LogP contribution < -0.4 is 33.2 Å². The van der Waals surface area contributed by atoms with Gasteiger partial charge in [0.25, 0.3) is 0 Å². The lowest BCUT2D eigenvalue weighted by atomic mass is 10.0. The summed E-state index contributed by atoms with van der Waals surface area (Å²) < 4.78 is 0. The molecule has 3 amide bonds. The third-order valence-corrected chi connectivity index (χ3v) is 5.51. The van der Waals surface area contributed by atoms with Gasteiger partial charge in [0.1, 0.15) is 18.1 Å². The maximum absolute atomic E-state index is 13.2. The van der Waals surface area contributed by atoms with Crippen molar-refractivity contribution in [1.82, 2.24) is 25.9 Å². The Labute approximate surface area is 225 Å². The first-order chi connectivity index (χ1) is 18.3. The van der Waals surface area contributed by atoms with Crippen LogP contribution in [0.5, 0.6) is 0 Å². The Kier molecular flexibility index (Phi) is 14.0. The quantitative estimate of drug-likeness (QED) is 0.0533. The zero-order chi connectivity index (χ0) is 29.5. The van der Waals surface area contributed by atoms with Crippen molar-refractivity contribution in [2.75, 3.05) is 6.54 Å². The normalized spacial score (nSPS) is 13.9. The summed E-state index contributed by atoms with van der Waals surface area (Å²) >= 11 is 0. The van der Waals surface area contributed by atoms with Gasteiger partial charge in [0.05, 0.1) is 12.4 Å². The molecule has 0 aromatic carbocycles. The number of guanidine groups is 1. The lowest BCUT2D eigenvalue weighted by Crippen LogP contribution is -2.57. The van der Waals surface area contributed by atoms with Crippen LogP contribution in [0.15, 0.2) is 17.5 Å². The summed E-state index contributed by atoms with van der Waals surface area (Å²) in [7, 11) is 0. The van der Waals surface area contributed by atoms with Gasteiger partial charge in [-0.05, 0) is 31.6 Å². The van der Waals surface area contributed by atoms with Gasteiger partial charge < -0.3 is 48.3 Å². The van der Waals surface area contributed by atoms with E-state index in [4.69, 9.17) is 22.3 Å². The third-order valence-electron chi connectivity index (χ3n) is 5.51. The Balaban J connectivity index is 3.01. The highest BCUT2D eigenvalue weighted by atomic mass is 16.4. The molecule has 39 heavy (non-hydrogen) atoms. The minimum Gasteiger partial charge on any atom is -0.481 e. The molecule has 1 rings (SSSR count). The second kappa shape index (κ2) is 16.6. The number of nitrogens with two attached hydrogens (primary N) is 3. The van der Waals surface area contributed by atoms with Crippen molar-refractivity contribution >= 4 is 35.6 Å². The van der Waals surface area contributed by atoms with Crippen molar-refractivity contribution in [3.8, 4) is 0 Å². The van der Waals surface area contributed by atoms with Gasteiger partial charge in [-0.1, -0.05) is 13.8 Å². The fraction of sp³-hybridized carbons (Fsp3) is 0.609. The zero-order valence-corrected chi connectivity index (χ0v) is 22.1. The molecule has 0 saturated heterocycles. The molecular formula is C23H39N9O7. The van der Waals surface area contributed by atoms with Crippen LogP contribution in [0.25, 0.3) is 0 Å². The van der Waals surface area contributed by atoms with Crippen molar-refractivity contribution in [2.45, 2.75) is 76.5 Å². The molecule has 16 nitrogen and oxygen atoms in total. The van der Waals surface area contributed by atoms with E-state index in [1.807, 2.05) is 13.8 Å². The van der Waals surface area contributed by atoms with Crippen molar-refractivity contribution < 1.29 is 34.2 Å². The van der Waals surface area contributed by atoms with E-state index in [2.05, 4.69) is 30.9 Å². The summed E-state index contributed by atoms with van der Waals surface area (Å²) in [6.45, 7) is 3.82. The molecule has 0 aliphatic heterocycles. The molecule has 1 heterocycles. The molecule has 0 aliphatic carbocycles. The van der Waals surface area contributed by atoms with Crippen molar-refractivity contribution in [1.29, 1.82) is 0 Å². The molecule has 1 aromatic heterocycles. The van der Waals surface area contributed by atoms with E-state index in [1.54, 1.807) is 0 Å². The van der Waals surface area contributed by atoms with Crippen LogP contribution in [-0.2, 0) is 30.4 Å². The summed E-state index contributed by atoms with van der Waals surface area (Å²) in [5.41, 5.74) is 17.3. The van der Waals surface area contributed by atoms with Crippen molar-refractivity contribution in [2.24, 2.45) is 28.1 Å².